The van der Waals surface area contributed by atoms with Crippen molar-refractivity contribution in [1.82, 2.24) is 15.1 Å². The number of rotatable bonds is 4. The first-order chi connectivity index (χ1) is 7.31. The molecule has 0 atom stereocenters. The van der Waals surface area contributed by atoms with Gasteiger partial charge in [-0.2, -0.15) is 5.10 Å². The van der Waals surface area contributed by atoms with Crippen molar-refractivity contribution < 1.29 is 9.53 Å². The predicted molar refractivity (Wildman–Crippen MR) is 54.6 cm³/mol. The summed E-state index contributed by atoms with van der Waals surface area (Å²) in [6, 6.07) is 2.13. The number of amides is 1. The summed E-state index contributed by atoms with van der Waals surface area (Å²) in [5, 5.41) is 10.1. The maximum absolute atomic E-state index is 11.3. The minimum Gasteiger partial charge on any atom is -0.375 e. The van der Waals surface area contributed by atoms with Gasteiger partial charge in [-0.1, -0.05) is 0 Å². The SMILES string of the molecule is COCC(=O)Nc1ccnn1C1CNC1. The first-order valence-corrected chi connectivity index (χ1v) is 4.84. The zero-order chi connectivity index (χ0) is 10.7. The van der Waals surface area contributed by atoms with Crippen LogP contribution < -0.4 is 10.6 Å². The number of nitrogens with one attached hydrogen (secondary N) is 2. The molecule has 1 aromatic heterocycles. The number of carbonyl (C=O) groups excluding carboxylic acids is 1. The topological polar surface area (TPSA) is 68.2 Å². The highest BCUT2D eigenvalue weighted by atomic mass is 16.5. The summed E-state index contributed by atoms with van der Waals surface area (Å²) in [4.78, 5) is 11.3. The molecule has 0 spiro atoms. The molecule has 2 heterocycles. The minimum atomic E-state index is -0.161. The van der Waals surface area contributed by atoms with E-state index in [-0.39, 0.29) is 12.5 Å². The molecule has 2 N–H and O–H groups in total. The molecule has 0 aliphatic carbocycles. The Kier molecular flexibility index (Phi) is 2.98. The van der Waals surface area contributed by atoms with Crippen molar-refractivity contribution in [3.63, 3.8) is 0 Å². The van der Waals surface area contributed by atoms with Gasteiger partial charge in [0.25, 0.3) is 5.91 Å². The molecular formula is C9H14N4O2. The first-order valence-electron chi connectivity index (χ1n) is 4.84. The van der Waals surface area contributed by atoms with Gasteiger partial charge in [-0.15, -0.1) is 0 Å². The molecule has 0 unspecified atom stereocenters. The molecule has 1 aliphatic rings. The normalized spacial score (nSPS) is 16.1. The second kappa shape index (κ2) is 4.41. The van der Waals surface area contributed by atoms with E-state index >= 15 is 0 Å². The molecular weight excluding hydrogens is 196 g/mol. The zero-order valence-corrected chi connectivity index (χ0v) is 8.56. The van der Waals surface area contributed by atoms with Gasteiger partial charge in [0.2, 0.25) is 0 Å². The van der Waals surface area contributed by atoms with E-state index in [9.17, 15) is 4.79 Å². The number of carbonyl (C=O) groups is 1. The number of methoxy groups -OCH3 is 1. The molecule has 2 rings (SSSR count). The first kappa shape index (κ1) is 10.1. The Morgan fingerprint density at radius 2 is 2.60 bits per heavy atom. The summed E-state index contributed by atoms with van der Waals surface area (Å²) in [5.41, 5.74) is 0. The fourth-order valence-electron chi connectivity index (χ4n) is 1.46. The fraction of sp³-hybridized carbons (Fsp3) is 0.556. The van der Waals surface area contributed by atoms with E-state index in [2.05, 4.69) is 15.7 Å². The Hall–Kier alpha value is -1.40. The Bertz CT molecular complexity index is 346. The number of aromatic nitrogens is 2. The molecule has 1 amide bonds. The van der Waals surface area contributed by atoms with Crippen LogP contribution in [0, 0.1) is 0 Å². The Morgan fingerprint density at radius 3 is 3.20 bits per heavy atom. The monoisotopic (exact) mass is 210 g/mol. The predicted octanol–water partition coefficient (Wildman–Crippen LogP) is -0.388. The lowest BCUT2D eigenvalue weighted by molar-refractivity contribution is -0.119. The van der Waals surface area contributed by atoms with Gasteiger partial charge in [0, 0.05) is 26.3 Å². The van der Waals surface area contributed by atoms with Gasteiger partial charge in [-0.3, -0.25) is 4.79 Å². The van der Waals surface area contributed by atoms with Crippen LogP contribution in [0.5, 0.6) is 0 Å². The highest BCUT2D eigenvalue weighted by Gasteiger charge is 2.21. The van der Waals surface area contributed by atoms with E-state index in [0.717, 1.165) is 18.9 Å². The second-order valence-electron chi connectivity index (χ2n) is 3.45. The van der Waals surface area contributed by atoms with Crippen LogP contribution in [0.3, 0.4) is 0 Å². The smallest absolute Gasteiger partial charge is 0.251 e. The van der Waals surface area contributed by atoms with Gasteiger partial charge >= 0.3 is 0 Å². The molecule has 0 radical (unpaired) electrons. The largest absolute Gasteiger partial charge is 0.375 e. The molecule has 1 aromatic rings. The van der Waals surface area contributed by atoms with E-state index < -0.39 is 0 Å². The lowest BCUT2D eigenvalue weighted by atomic mass is 10.2. The van der Waals surface area contributed by atoms with Gasteiger partial charge in [0.1, 0.15) is 12.4 Å². The fourth-order valence-corrected chi connectivity index (χ4v) is 1.46. The molecule has 0 bridgehead atoms. The lowest BCUT2D eigenvalue weighted by Gasteiger charge is -2.28. The van der Waals surface area contributed by atoms with Gasteiger partial charge in [-0.25, -0.2) is 4.68 Å². The van der Waals surface area contributed by atoms with Crippen LogP contribution in [0.4, 0.5) is 5.82 Å². The lowest BCUT2D eigenvalue weighted by Crippen LogP contribution is -2.44. The molecule has 1 aliphatic heterocycles. The van der Waals surface area contributed by atoms with Crippen LogP contribution in [0.15, 0.2) is 12.3 Å². The van der Waals surface area contributed by atoms with Gasteiger partial charge in [0.05, 0.1) is 12.2 Å². The standard InChI is InChI=1S/C9H14N4O2/c1-15-6-9(14)12-8-2-3-11-13(8)7-4-10-5-7/h2-3,7,10H,4-6H2,1H3,(H,12,14). The Balaban J connectivity index is 2.01. The van der Waals surface area contributed by atoms with Crippen molar-refractivity contribution in [1.29, 1.82) is 0 Å². The average molecular weight is 210 g/mol. The zero-order valence-electron chi connectivity index (χ0n) is 8.56. The molecule has 6 nitrogen and oxygen atoms in total. The van der Waals surface area contributed by atoms with E-state index in [1.807, 2.05) is 4.68 Å². The van der Waals surface area contributed by atoms with Crippen LogP contribution in [0.1, 0.15) is 6.04 Å². The van der Waals surface area contributed by atoms with Crippen molar-refractivity contribution in [2.24, 2.45) is 0 Å². The van der Waals surface area contributed by atoms with Crippen molar-refractivity contribution in [2.75, 3.05) is 32.1 Å². The molecule has 0 saturated carbocycles. The van der Waals surface area contributed by atoms with Crippen LogP contribution in [-0.2, 0) is 9.53 Å². The molecule has 6 heteroatoms. The third-order valence-electron chi connectivity index (χ3n) is 2.32. The van der Waals surface area contributed by atoms with Crippen molar-refractivity contribution in [2.45, 2.75) is 6.04 Å². The van der Waals surface area contributed by atoms with Crippen LogP contribution in [-0.4, -0.2) is 42.5 Å². The number of anilines is 1. The van der Waals surface area contributed by atoms with Crippen LogP contribution >= 0.6 is 0 Å². The van der Waals surface area contributed by atoms with E-state index in [1.54, 1.807) is 12.3 Å². The summed E-state index contributed by atoms with van der Waals surface area (Å²) in [7, 11) is 1.49. The van der Waals surface area contributed by atoms with Crippen molar-refractivity contribution in [3.05, 3.63) is 12.3 Å². The van der Waals surface area contributed by atoms with Crippen molar-refractivity contribution >= 4 is 11.7 Å². The number of nitrogens with zero attached hydrogens (tertiary/aromatic N) is 2. The third kappa shape index (κ3) is 2.16. The third-order valence-corrected chi connectivity index (χ3v) is 2.32. The minimum absolute atomic E-state index is 0.0636. The molecule has 1 fully saturated rings. The summed E-state index contributed by atoms with van der Waals surface area (Å²) < 4.78 is 6.56. The van der Waals surface area contributed by atoms with Gasteiger partial charge in [0.15, 0.2) is 0 Å². The average Bonchev–Trinajstić information content (AvgIpc) is 2.51. The number of ether oxygens (including phenoxy) is 1. The molecule has 1 saturated heterocycles. The number of hydrogen-bond acceptors (Lipinski definition) is 4. The summed E-state index contributed by atoms with van der Waals surface area (Å²) in [6.07, 6.45) is 1.68. The van der Waals surface area contributed by atoms with Gasteiger partial charge in [-0.05, 0) is 0 Å². The highest BCUT2D eigenvalue weighted by molar-refractivity contribution is 5.90. The maximum atomic E-state index is 11.3. The summed E-state index contributed by atoms with van der Waals surface area (Å²) >= 11 is 0. The summed E-state index contributed by atoms with van der Waals surface area (Å²) in [5.74, 6) is 0.565. The summed E-state index contributed by atoms with van der Waals surface area (Å²) in [6.45, 7) is 1.86. The maximum Gasteiger partial charge on any atom is 0.251 e. The van der Waals surface area contributed by atoms with E-state index in [0.29, 0.717) is 6.04 Å². The Labute approximate surface area is 87.6 Å². The highest BCUT2D eigenvalue weighted by Crippen LogP contribution is 2.17. The van der Waals surface area contributed by atoms with E-state index in [4.69, 9.17) is 4.74 Å². The quantitative estimate of drug-likeness (QED) is 0.710. The van der Waals surface area contributed by atoms with Crippen LogP contribution in [0.2, 0.25) is 0 Å². The number of hydrogen-bond donors (Lipinski definition) is 2. The van der Waals surface area contributed by atoms with Crippen molar-refractivity contribution in [3.8, 4) is 0 Å². The molecule has 15 heavy (non-hydrogen) atoms. The molecule has 82 valence electrons. The van der Waals surface area contributed by atoms with Gasteiger partial charge < -0.3 is 15.4 Å². The molecule has 0 aromatic carbocycles. The van der Waals surface area contributed by atoms with Crippen LogP contribution in [0.25, 0.3) is 0 Å². The van der Waals surface area contributed by atoms with E-state index in [1.165, 1.54) is 7.11 Å². The Morgan fingerprint density at radius 1 is 1.80 bits per heavy atom. The second-order valence-corrected chi connectivity index (χ2v) is 3.45.